The van der Waals surface area contributed by atoms with Crippen LogP contribution in [0.3, 0.4) is 0 Å². The summed E-state index contributed by atoms with van der Waals surface area (Å²) in [7, 11) is 0. The average molecular weight is 199 g/mol. The van der Waals surface area contributed by atoms with Gasteiger partial charge in [0.1, 0.15) is 0 Å². The molecule has 1 saturated carbocycles. The molecule has 2 heteroatoms. The first-order chi connectivity index (χ1) is 6.51. The molecule has 0 radical (unpaired) electrons. The van der Waals surface area contributed by atoms with Crippen molar-refractivity contribution in [3.05, 3.63) is 0 Å². The number of hydrogen-bond acceptors (Lipinski definition) is 2. The molecule has 1 fully saturated rings. The minimum absolute atomic E-state index is 0.149. The highest BCUT2D eigenvalue weighted by molar-refractivity contribution is 4.87. The molecule has 3 unspecified atom stereocenters. The van der Waals surface area contributed by atoms with Crippen molar-refractivity contribution in [2.75, 3.05) is 6.54 Å². The van der Waals surface area contributed by atoms with Crippen LogP contribution < -0.4 is 5.73 Å². The van der Waals surface area contributed by atoms with Crippen molar-refractivity contribution in [3.63, 3.8) is 0 Å². The maximum atomic E-state index is 9.75. The Kier molecular flexibility index (Phi) is 3.96. The van der Waals surface area contributed by atoms with Gasteiger partial charge in [-0.3, -0.25) is 0 Å². The average Bonchev–Trinajstić information content (AvgIpc) is 2.18. The lowest BCUT2D eigenvalue weighted by molar-refractivity contribution is 0.0173. The highest BCUT2D eigenvalue weighted by Crippen LogP contribution is 2.42. The van der Waals surface area contributed by atoms with Gasteiger partial charge in [-0.25, -0.2) is 0 Å². The molecule has 0 spiro atoms. The van der Waals surface area contributed by atoms with Crippen molar-refractivity contribution in [2.24, 2.45) is 23.0 Å². The van der Waals surface area contributed by atoms with Gasteiger partial charge in [-0.2, -0.15) is 0 Å². The zero-order valence-electron chi connectivity index (χ0n) is 9.79. The van der Waals surface area contributed by atoms with Crippen molar-refractivity contribution < 1.29 is 5.11 Å². The summed E-state index contributed by atoms with van der Waals surface area (Å²) in [5, 5.41) is 9.75. The minimum Gasteiger partial charge on any atom is -0.393 e. The Balaban J connectivity index is 2.58. The predicted octanol–water partition coefficient (Wildman–Crippen LogP) is 2.16. The van der Waals surface area contributed by atoms with Crippen molar-refractivity contribution in [1.29, 1.82) is 0 Å². The second-order valence-electron chi connectivity index (χ2n) is 5.42. The van der Waals surface area contributed by atoms with E-state index in [1.807, 2.05) is 0 Å². The quantitative estimate of drug-likeness (QED) is 0.731. The van der Waals surface area contributed by atoms with E-state index in [0.29, 0.717) is 17.9 Å². The van der Waals surface area contributed by atoms with Crippen LogP contribution in [0.4, 0.5) is 0 Å². The van der Waals surface area contributed by atoms with Gasteiger partial charge in [-0.1, -0.05) is 27.2 Å². The van der Waals surface area contributed by atoms with E-state index in [2.05, 4.69) is 20.8 Å². The van der Waals surface area contributed by atoms with Gasteiger partial charge in [0.2, 0.25) is 0 Å². The number of hydrogen-bond donors (Lipinski definition) is 2. The first-order valence-corrected chi connectivity index (χ1v) is 5.89. The van der Waals surface area contributed by atoms with Crippen molar-refractivity contribution >= 4 is 0 Å². The van der Waals surface area contributed by atoms with Gasteiger partial charge >= 0.3 is 0 Å². The lowest BCUT2D eigenvalue weighted by Gasteiger charge is -2.41. The molecule has 1 aliphatic carbocycles. The molecule has 14 heavy (non-hydrogen) atoms. The minimum atomic E-state index is -0.149. The third kappa shape index (κ3) is 2.48. The number of nitrogens with two attached hydrogens (primary N) is 1. The molecule has 0 amide bonds. The van der Waals surface area contributed by atoms with E-state index < -0.39 is 0 Å². The van der Waals surface area contributed by atoms with E-state index in [-0.39, 0.29) is 6.10 Å². The Morgan fingerprint density at radius 1 is 1.36 bits per heavy atom. The van der Waals surface area contributed by atoms with Crippen molar-refractivity contribution in [1.82, 2.24) is 0 Å². The molecule has 0 heterocycles. The van der Waals surface area contributed by atoms with Crippen LogP contribution in [0.2, 0.25) is 0 Å². The van der Waals surface area contributed by atoms with E-state index in [1.54, 1.807) is 0 Å². The Bertz CT molecular complexity index is 179. The molecule has 2 nitrogen and oxygen atoms in total. The normalized spacial score (nSPS) is 34.5. The lowest BCUT2D eigenvalue weighted by Crippen LogP contribution is -2.38. The molecule has 1 aliphatic rings. The zero-order chi connectivity index (χ0) is 10.8. The summed E-state index contributed by atoms with van der Waals surface area (Å²) in [6.45, 7) is 7.56. The molecule has 0 saturated heterocycles. The van der Waals surface area contributed by atoms with Gasteiger partial charge in [0.05, 0.1) is 6.10 Å². The maximum absolute atomic E-state index is 9.75. The summed E-state index contributed by atoms with van der Waals surface area (Å²) in [5.41, 5.74) is 6.09. The van der Waals surface area contributed by atoms with Crippen LogP contribution in [-0.4, -0.2) is 17.8 Å². The molecule has 84 valence electrons. The zero-order valence-corrected chi connectivity index (χ0v) is 9.79. The Morgan fingerprint density at radius 3 is 2.50 bits per heavy atom. The standard InChI is InChI=1S/C12H25NO/c1-4-12(2,3)10-5-6-11(14)9(7-10)8-13/h9-11,14H,4-8,13H2,1-3H3. The van der Waals surface area contributed by atoms with Crippen LogP contribution in [0.25, 0.3) is 0 Å². The van der Waals surface area contributed by atoms with Crippen LogP contribution in [0, 0.1) is 17.3 Å². The summed E-state index contributed by atoms with van der Waals surface area (Å²) >= 11 is 0. The molecule has 1 rings (SSSR count). The SMILES string of the molecule is CCC(C)(C)C1CCC(O)C(CN)C1. The largest absolute Gasteiger partial charge is 0.393 e. The van der Waals surface area contributed by atoms with Crippen LogP contribution in [-0.2, 0) is 0 Å². The smallest absolute Gasteiger partial charge is 0.0580 e. The number of aliphatic hydroxyl groups excluding tert-OH is 1. The Hall–Kier alpha value is -0.0800. The van der Waals surface area contributed by atoms with Crippen molar-refractivity contribution in [3.8, 4) is 0 Å². The fraction of sp³-hybridized carbons (Fsp3) is 1.00. The Morgan fingerprint density at radius 2 is 2.00 bits per heavy atom. The molecule has 0 aromatic carbocycles. The Labute approximate surface area is 87.9 Å². The molecule has 0 aliphatic heterocycles. The van der Waals surface area contributed by atoms with Gasteiger partial charge in [0, 0.05) is 0 Å². The van der Waals surface area contributed by atoms with Gasteiger partial charge in [0.25, 0.3) is 0 Å². The van der Waals surface area contributed by atoms with Gasteiger partial charge in [-0.05, 0) is 43.1 Å². The molecule has 0 bridgehead atoms. The van der Waals surface area contributed by atoms with Crippen molar-refractivity contribution in [2.45, 2.75) is 52.6 Å². The third-order valence-corrected chi connectivity index (χ3v) is 4.26. The van der Waals surface area contributed by atoms with Crippen LogP contribution >= 0.6 is 0 Å². The van der Waals surface area contributed by atoms with E-state index >= 15 is 0 Å². The first kappa shape index (κ1) is 12.0. The molecular weight excluding hydrogens is 174 g/mol. The fourth-order valence-electron chi connectivity index (χ4n) is 2.50. The highest BCUT2D eigenvalue weighted by atomic mass is 16.3. The third-order valence-electron chi connectivity index (χ3n) is 4.26. The fourth-order valence-corrected chi connectivity index (χ4v) is 2.50. The second kappa shape index (κ2) is 4.63. The molecular formula is C12H25NO. The van der Waals surface area contributed by atoms with E-state index in [0.717, 1.165) is 18.8 Å². The summed E-state index contributed by atoms with van der Waals surface area (Å²) in [5.74, 6) is 1.07. The number of rotatable bonds is 3. The molecule has 3 atom stereocenters. The summed E-state index contributed by atoms with van der Waals surface area (Å²) in [6.07, 6.45) is 4.28. The van der Waals surface area contributed by atoms with Crippen LogP contribution in [0.5, 0.6) is 0 Å². The first-order valence-electron chi connectivity index (χ1n) is 5.89. The van der Waals surface area contributed by atoms with Crippen LogP contribution in [0.1, 0.15) is 46.5 Å². The van der Waals surface area contributed by atoms with Gasteiger partial charge in [0.15, 0.2) is 0 Å². The predicted molar refractivity (Wildman–Crippen MR) is 60.0 cm³/mol. The summed E-state index contributed by atoms with van der Waals surface area (Å²) in [4.78, 5) is 0. The summed E-state index contributed by atoms with van der Waals surface area (Å²) < 4.78 is 0. The molecule has 3 N–H and O–H groups in total. The van der Waals surface area contributed by atoms with Gasteiger partial charge < -0.3 is 10.8 Å². The monoisotopic (exact) mass is 199 g/mol. The lowest BCUT2D eigenvalue weighted by atomic mass is 9.66. The maximum Gasteiger partial charge on any atom is 0.0580 e. The van der Waals surface area contributed by atoms with E-state index in [4.69, 9.17) is 5.73 Å². The highest BCUT2D eigenvalue weighted by Gasteiger charge is 2.35. The van der Waals surface area contributed by atoms with Crippen LogP contribution in [0.15, 0.2) is 0 Å². The van der Waals surface area contributed by atoms with E-state index in [9.17, 15) is 5.11 Å². The molecule has 0 aromatic heterocycles. The molecule has 0 aromatic rings. The van der Waals surface area contributed by atoms with Gasteiger partial charge in [-0.15, -0.1) is 0 Å². The second-order valence-corrected chi connectivity index (χ2v) is 5.42. The topological polar surface area (TPSA) is 46.2 Å². The number of aliphatic hydroxyl groups is 1. The summed E-state index contributed by atoms with van der Waals surface area (Å²) in [6, 6.07) is 0. The van der Waals surface area contributed by atoms with E-state index in [1.165, 1.54) is 12.8 Å².